The summed E-state index contributed by atoms with van der Waals surface area (Å²) in [7, 11) is -3.94. The van der Waals surface area contributed by atoms with Crippen molar-refractivity contribution in [2.24, 2.45) is 0 Å². The molecule has 7 heteroatoms. The summed E-state index contributed by atoms with van der Waals surface area (Å²) in [5.74, 6) is -0.752. The zero-order chi connectivity index (χ0) is 20.7. The molecule has 1 unspecified atom stereocenters. The van der Waals surface area contributed by atoms with Crippen LogP contribution in [0.3, 0.4) is 0 Å². The van der Waals surface area contributed by atoms with Crippen molar-refractivity contribution in [3.8, 4) is 0 Å². The van der Waals surface area contributed by atoms with E-state index < -0.39 is 27.4 Å². The Balaban J connectivity index is 2.01. The summed E-state index contributed by atoms with van der Waals surface area (Å²) in [5.41, 5.74) is 1.53. The highest BCUT2D eigenvalue weighted by Crippen LogP contribution is 2.38. The Bertz CT molecular complexity index is 995. The van der Waals surface area contributed by atoms with E-state index in [1.165, 1.54) is 28.6 Å². The summed E-state index contributed by atoms with van der Waals surface area (Å²) >= 11 is 0. The average Bonchev–Trinajstić information content (AvgIpc) is 2.90. The highest BCUT2D eigenvalue weighted by atomic mass is 32.2. The first-order valence-corrected chi connectivity index (χ1v) is 10.6. The van der Waals surface area contributed by atoms with E-state index in [4.69, 9.17) is 0 Å². The number of halogens is 1. The molecule has 2 aromatic carbocycles. The van der Waals surface area contributed by atoms with Gasteiger partial charge in [-0.25, -0.2) is 12.8 Å². The van der Waals surface area contributed by atoms with Gasteiger partial charge in [-0.15, -0.1) is 0 Å². The summed E-state index contributed by atoms with van der Waals surface area (Å²) in [6.07, 6.45) is 0.358. The van der Waals surface area contributed by atoms with Crippen molar-refractivity contribution in [1.82, 2.24) is 5.32 Å². The molecule has 0 spiro atoms. The molecule has 0 aliphatic carbocycles. The van der Waals surface area contributed by atoms with Crippen molar-refractivity contribution in [2.75, 3.05) is 4.31 Å². The van der Waals surface area contributed by atoms with Gasteiger partial charge in [0.25, 0.3) is 10.0 Å². The fraction of sp³-hybridized carbons (Fsp3) is 0.381. The van der Waals surface area contributed by atoms with Gasteiger partial charge in [0.05, 0.1) is 16.6 Å². The second-order valence-corrected chi connectivity index (χ2v) is 10.1. The average molecular weight is 405 g/mol. The largest absolute Gasteiger partial charge is 0.351 e. The van der Waals surface area contributed by atoms with Crippen LogP contribution in [-0.2, 0) is 21.2 Å². The molecular formula is C21H25FN2O3S. The lowest BCUT2D eigenvalue weighted by molar-refractivity contribution is -0.122. The van der Waals surface area contributed by atoms with Crippen molar-refractivity contribution in [3.05, 3.63) is 59.4 Å². The number of hydrogen-bond acceptors (Lipinski definition) is 3. The van der Waals surface area contributed by atoms with Gasteiger partial charge in [-0.05, 0) is 63.9 Å². The molecule has 1 aliphatic heterocycles. The number of amides is 1. The van der Waals surface area contributed by atoms with E-state index in [2.05, 4.69) is 5.32 Å². The van der Waals surface area contributed by atoms with Crippen LogP contribution < -0.4 is 9.62 Å². The summed E-state index contributed by atoms with van der Waals surface area (Å²) in [6, 6.07) is 10.0. The van der Waals surface area contributed by atoms with E-state index in [9.17, 15) is 17.6 Å². The lowest BCUT2D eigenvalue weighted by atomic mass is 10.1. The number of aryl methyl sites for hydroxylation is 1. The van der Waals surface area contributed by atoms with Crippen LogP contribution in [0.5, 0.6) is 0 Å². The molecule has 150 valence electrons. The van der Waals surface area contributed by atoms with Crippen LogP contribution >= 0.6 is 0 Å². The molecular weight excluding hydrogens is 379 g/mol. The van der Waals surface area contributed by atoms with Gasteiger partial charge in [0, 0.05) is 12.0 Å². The zero-order valence-electron chi connectivity index (χ0n) is 16.5. The molecule has 0 radical (unpaired) electrons. The Hall–Kier alpha value is -2.41. The number of nitrogens with zero attached hydrogens (tertiary/aromatic N) is 1. The van der Waals surface area contributed by atoms with Crippen LogP contribution in [0.2, 0.25) is 0 Å². The molecule has 1 heterocycles. The second kappa shape index (κ2) is 7.20. The van der Waals surface area contributed by atoms with Crippen molar-refractivity contribution < 1.29 is 17.6 Å². The van der Waals surface area contributed by atoms with Gasteiger partial charge in [0.2, 0.25) is 5.91 Å². The Morgan fingerprint density at radius 2 is 1.82 bits per heavy atom. The van der Waals surface area contributed by atoms with Gasteiger partial charge in [0.15, 0.2) is 0 Å². The molecule has 5 nitrogen and oxygen atoms in total. The Morgan fingerprint density at radius 1 is 1.18 bits per heavy atom. The number of anilines is 1. The smallest absolute Gasteiger partial charge is 0.264 e. The lowest BCUT2D eigenvalue weighted by Gasteiger charge is -2.28. The molecule has 0 saturated heterocycles. The Morgan fingerprint density at radius 3 is 2.43 bits per heavy atom. The van der Waals surface area contributed by atoms with E-state index in [0.717, 1.165) is 5.56 Å². The third-order valence-corrected chi connectivity index (χ3v) is 6.47. The molecule has 1 amide bonds. The molecule has 0 aromatic heterocycles. The van der Waals surface area contributed by atoms with Crippen LogP contribution in [0.1, 0.15) is 38.3 Å². The summed E-state index contributed by atoms with van der Waals surface area (Å²) in [4.78, 5) is 12.6. The first-order valence-electron chi connectivity index (χ1n) is 9.18. The third-order valence-electron chi connectivity index (χ3n) is 4.59. The molecule has 1 atom stereocenters. The van der Waals surface area contributed by atoms with E-state index in [-0.39, 0.29) is 17.2 Å². The third kappa shape index (κ3) is 4.19. The second-order valence-electron chi connectivity index (χ2n) is 8.25. The number of carbonyl (C=O) groups excluding carboxylic acids is 1. The van der Waals surface area contributed by atoms with Crippen molar-refractivity contribution in [2.45, 2.75) is 57.0 Å². The highest BCUT2D eigenvalue weighted by Gasteiger charge is 2.40. The van der Waals surface area contributed by atoms with Gasteiger partial charge in [0.1, 0.15) is 5.82 Å². The normalized spacial score (nSPS) is 16.8. The van der Waals surface area contributed by atoms with Gasteiger partial charge < -0.3 is 5.32 Å². The van der Waals surface area contributed by atoms with Crippen LogP contribution in [0.15, 0.2) is 47.4 Å². The minimum absolute atomic E-state index is 0.00133. The maximum atomic E-state index is 13.9. The van der Waals surface area contributed by atoms with Gasteiger partial charge >= 0.3 is 0 Å². The summed E-state index contributed by atoms with van der Waals surface area (Å²) in [6.45, 7) is 7.47. The first kappa shape index (κ1) is 20.3. The van der Waals surface area contributed by atoms with Crippen LogP contribution in [-0.4, -0.2) is 25.9 Å². The Kier molecular flexibility index (Phi) is 5.23. The van der Waals surface area contributed by atoms with Crippen molar-refractivity contribution in [1.29, 1.82) is 0 Å². The topological polar surface area (TPSA) is 66.5 Å². The first-order chi connectivity index (χ1) is 13.0. The number of nitrogens with one attached hydrogen (secondary N) is 1. The molecule has 1 N–H and O–H groups in total. The van der Waals surface area contributed by atoms with Gasteiger partial charge in [-0.3, -0.25) is 9.10 Å². The van der Waals surface area contributed by atoms with E-state index in [0.29, 0.717) is 17.7 Å². The maximum absolute atomic E-state index is 13.9. The van der Waals surface area contributed by atoms with Crippen LogP contribution in [0.4, 0.5) is 10.1 Å². The molecule has 0 saturated carbocycles. The number of hydrogen-bond donors (Lipinski definition) is 1. The highest BCUT2D eigenvalue weighted by molar-refractivity contribution is 7.92. The van der Waals surface area contributed by atoms with Crippen molar-refractivity contribution in [3.63, 3.8) is 0 Å². The monoisotopic (exact) mass is 404 g/mol. The number of benzene rings is 2. The zero-order valence-corrected chi connectivity index (χ0v) is 17.3. The number of rotatable bonds is 4. The van der Waals surface area contributed by atoms with E-state index in [1.807, 2.05) is 27.7 Å². The van der Waals surface area contributed by atoms with Gasteiger partial charge in [-0.2, -0.15) is 0 Å². The summed E-state index contributed by atoms with van der Waals surface area (Å²) < 4.78 is 41.8. The molecule has 0 fully saturated rings. The van der Waals surface area contributed by atoms with Gasteiger partial charge in [-0.1, -0.05) is 23.8 Å². The molecule has 3 rings (SSSR count). The molecule has 28 heavy (non-hydrogen) atoms. The molecule has 2 aromatic rings. The SMILES string of the molecule is Cc1ccc(S(=O)(=O)N2c3cc(F)ccc3CC2CC(=O)NC(C)(C)C)cc1. The van der Waals surface area contributed by atoms with Crippen molar-refractivity contribution >= 4 is 21.6 Å². The van der Waals surface area contributed by atoms with Crippen LogP contribution in [0.25, 0.3) is 0 Å². The van der Waals surface area contributed by atoms with Crippen LogP contribution in [0, 0.1) is 12.7 Å². The summed E-state index contributed by atoms with van der Waals surface area (Å²) in [5, 5.41) is 2.87. The fourth-order valence-corrected chi connectivity index (χ4v) is 5.11. The Labute approximate surface area is 165 Å². The van der Waals surface area contributed by atoms with E-state index >= 15 is 0 Å². The standard InChI is InChI=1S/C21H25FN2O3S/c1-14-5-9-18(10-6-14)28(26,27)24-17(13-20(25)23-21(2,3)4)11-15-7-8-16(22)12-19(15)24/h5-10,12,17H,11,13H2,1-4H3,(H,23,25). The van der Waals surface area contributed by atoms with E-state index in [1.54, 1.807) is 18.2 Å². The number of carbonyl (C=O) groups is 1. The predicted octanol–water partition coefficient (Wildman–Crippen LogP) is 3.56. The number of sulfonamides is 1. The molecule has 1 aliphatic rings. The maximum Gasteiger partial charge on any atom is 0.264 e. The quantitative estimate of drug-likeness (QED) is 0.847. The fourth-order valence-electron chi connectivity index (χ4n) is 3.44. The minimum Gasteiger partial charge on any atom is -0.351 e. The predicted molar refractivity (Wildman–Crippen MR) is 107 cm³/mol. The number of fused-ring (bicyclic) bond motifs is 1. The lowest BCUT2D eigenvalue weighted by Crippen LogP contribution is -2.45. The minimum atomic E-state index is -3.94. The molecule has 0 bridgehead atoms.